The Morgan fingerprint density at radius 2 is 2.14 bits per heavy atom. The molecule has 14 heavy (non-hydrogen) atoms. The van der Waals surface area contributed by atoms with Crippen LogP contribution in [-0.2, 0) is 16.6 Å². The third kappa shape index (κ3) is 3.78. The molecule has 1 aromatic rings. The van der Waals surface area contributed by atoms with Crippen molar-refractivity contribution < 1.29 is 4.21 Å². The summed E-state index contributed by atoms with van der Waals surface area (Å²) in [6.07, 6.45) is 0. The molecule has 0 saturated carbocycles. The van der Waals surface area contributed by atoms with E-state index in [1.165, 1.54) is 0 Å². The number of nitrogens with one attached hydrogen (secondary N) is 1. The average Bonchev–Trinajstić information content (AvgIpc) is 2.18. The summed E-state index contributed by atoms with van der Waals surface area (Å²) in [6.45, 7) is 0.775. The molecule has 0 aliphatic carbocycles. The van der Waals surface area contributed by atoms with Crippen molar-refractivity contribution in [2.45, 2.75) is 5.75 Å². The van der Waals surface area contributed by atoms with Crippen LogP contribution in [0.4, 0.5) is 0 Å². The molecule has 1 aromatic carbocycles. The highest BCUT2D eigenvalue weighted by atomic mass is 35.5. The molecular weight excluding hydrogens is 218 g/mol. The lowest BCUT2D eigenvalue weighted by molar-refractivity contribution is 0.679. The standard InChI is InChI=1S/C10H14ClNOS/c1-12-6-7-14(13)8-9-4-2-3-5-10(9)11/h2-5,12H,6-8H2,1H3. The minimum atomic E-state index is -0.828. The predicted octanol–water partition coefficient (Wildman–Crippen LogP) is 1.81. The lowest BCUT2D eigenvalue weighted by atomic mass is 10.2. The van der Waals surface area contributed by atoms with E-state index in [0.717, 1.165) is 12.1 Å². The maximum Gasteiger partial charge on any atom is 0.0500 e. The van der Waals surface area contributed by atoms with E-state index in [0.29, 0.717) is 16.5 Å². The SMILES string of the molecule is CNCCS(=O)Cc1ccccc1Cl. The van der Waals surface area contributed by atoms with Gasteiger partial charge in [-0.2, -0.15) is 0 Å². The summed E-state index contributed by atoms with van der Waals surface area (Å²) in [5, 5.41) is 3.67. The highest BCUT2D eigenvalue weighted by Crippen LogP contribution is 2.16. The van der Waals surface area contributed by atoms with Gasteiger partial charge in [0.15, 0.2) is 0 Å². The Bertz CT molecular complexity index is 317. The second kappa shape index (κ2) is 6.17. The van der Waals surface area contributed by atoms with Gasteiger partial charge < -0.3 is 5.32 Å². The van der Waals surface area contributed by atoms with Crippen molar-refractivity contribution in [2.75, 3.05) is 19.3 Å². The summed E-state index contributed by atoms with van der Waals surface area (Å²) < 4.78 is 11.5. The molecular formula is C10H14ClNOS. The van der Waals surface area contributed by atoms with Gasteiger partial charge in [0.1, 0.15) is 0 Å². The second-order valence-electron chi connectivity index (χ2n) is 2.98. The smallest absolute Gasteiger partial charge is 0.0500 e. The molecule has 0 aromatic heterocycles. The quantitative estimate of drug-likeness (QED) is 0.838. The molecule has 4 heteroatoms. The van der Waals surface area contributed by atoms with Gasteiger partial charge in [-0.1, -0.05) is 29.8 Å². The van der Waals surface area contributed by atoms with Crippen molar-refractivity contribution in [2.24, 2.45) is 0 Å². The molecule has 78 valence electrons. The van der Waals surface area contributed by atoms with Crippen LogP contribution in [0.25, 0.3) is 0 Å². The van der Waals surface area contributed by atoms with Gasteiger partial charge in [-0.3, -0.25) is 4.21 Å². The summed E-state index contributed by atoms with van der Waals surface area (Å²) in [6, 6.07) is 7.53. The molecule has 0 fully saturated rings. The summed E-state index contributed by atoms with van der Waals surface area (Å²) >= 11 is 5.95. The highest BCUT2D eigenvalue weighted by molar-refractivity contribution is 7.84. The number of hydrogen-bond donors (Lipinski definition) is 1. The molecule has 0 radical (unpaired) electrons. The van der Waals surface area contributed by atoms with Gasteiger partial charge in [0.05, 0.1) is 5.75 Å². The van der Waals surface area contributed by atoms with E-state index in [-0.39, 0.29) is 0 Å². The summed E-state index contributed by atoms with van der Waals surface area (Å²) in [7, 11) is 1.03. The van der Waals surface area contributed by atoms with Crippen molar-refractivity contribution in [3.63, 3.8) is 0 Å². The Morgan fingerprint density at radius 3 is 2.79 bits per heavy atom. The van der Waals surface area contributed by atoms with Crippen molar-refractivity contribution in [3.8, 4) is 0 Å². The van der Waals surface area contributed by atoms with Gasteiger partial charge in [0.2, 0.25) is 0 Å². The van der Waals surface area contributed by atoms with Gasteiger partial charge in [0, 0.05) is 28.1 Å². The molecule has 0 aliphatic heterocycles. The molecule has 1 N–H and O–H groups in total. The molecule has 1 atom stereocenters. The number of hydrogen-bond acceptors (Lipinski definition) is 2. The van der Waals surface area contributed by atoms with Crippen molar-refractivity contribution in [1.82, 2.24) is 5.32 Å². The van der Waals surface area contributed by atoms with E-state index in [4.69, 9.17) is 11.6 Å². The normalized spacial score (nSPS) is 12.7. The number of halogens is 1. The maximum atomic E-state index is 11.5. The highest BCUT2D eigenvalue weighted by Gasteiger charge is 2.04. The third-order valence-corrected chi connectivity index (χ3v) is 3.52. The minimum Gasteiger partial charge on any atom is -0.319 e. The first-order valence-corrected chi connectivity index (χ1v) is 6.33. The lowest BCUT2D eigenvalue weighted by Gasteiger charge is -2.03. The van der Waals surface area contributed by atoms with E-state index in [2.05, 4.69) is 5.32 Å². The Balaban J connectivity index is 2.52. The van der Waals surface area contributed by atoms with E-state index in [9.17, 15) is 4.21 Å². The van der Waals surface area contributed by atoms with Crippen LogP contribution in [0.15, 0.2) is 24.3 Å². The molecule has 0 saturated heterocycles. The summed E-state index contributed by atoms with van der Waals surface area (Å²) in [5.41, 5.74) is 0.962. The monoisotopic (exact) mass is 231 g/mol. The Hall–Kier alpha value is -0.380. The van der Waals surface area contributed by atoms with Crippen LogP contribution >= 0.6 is 11.6 Å². The second-order valence-corrected chi connectivity index (χ2v) is 4.97. The fourth-order valence-corrected chi connectivity index (χ4v) is 2.53. The Kier molecular flexibility index (Phi) is 5.15. The minimum absolute atomic E-state index is 0.543. The zero-order valence-corrected chi connectivity index (χ0v) is 9.70. The lowest BCUT2D eigenvalue weighted by Crippen LogP contribution is -2.16. The van der Waals surface area contributed by atoms with Crippen LogP contribution in [0.3, 0.4) is 0 Å². The zero-order chi connectivity index (χ0) is 10.4. The molecule has 0 bridgehead atoms. The fourth-order valence-electron chi connectivity index (χ4n) is 1.08. The van der Waals surface area contributed by atoms with Gasteiger partial charge in [0.25, 0.3) is 0 Å². The van der Waals surface area contributed by atoms with Crippen LogP contribution in [0.5, 0.6) is 0 Å². The van der Waals surface area contributed by atoms with E-state index in [1.54, 1.807) is 0 Å². The van der Waals surface area contributed by atoms with Gasteiger partial charge in [-0.05, 0) is 18.7 Å². The summed E-state index contributed by atoms with van der Waals surface area (Å²) in [4.78, 5) is 0. The van der Waals surface area contributed by atoms with Crippen LogP contribution in [-0.4, -0.2) is 23.6 Å². The average molecular weight is 232 g/mol. The molecule has 0 spiro atoms. The zero-order valence-electron chi connectivity index (χ0n) is 8.13. The molecule has 1 rings (SSSR count). The predicted molar refractivity (Wildman–Crippen MR) is 62.1 cm³/mol. The van der Waals surface area contributed by atoms with Crippen molar-refractivity contribution >= 4 is 22.4 Å². The first-order valence-electron chi connectivity index (χ1n) is 4.47. The van der Waals surface area contributed by atoms with Crippen LogP contribution in [0.1, 0.15) is 5.56 Å². The largest absolute Gasteiger partial charge is 0.319 e. The van der Waals surface area contributed by atoms with Crippen molar-refractivity contribution in [3.05, 3.63) is 34.9 Å². The molecule has 1 unspecified atom stereocenters. The number of rotatable bonds is 5. The topological polar surface area (TPSA) is 29.1 Å². The molecule has 0 heterocycles. The van der Waals surface area contributed by atoms with Gasteiger partial charge in [-0.25, -0.2) is 0 Å². The van der Waals surface area contributed by atoms with Gasteiger partial charge in [-0.15, -0.1) is 0 Å². The molecule has 2 nitrogen and oxygen atoms in total. The van der Waals surface area contributed by atoms with Crippen LogP contribution in [0, 0.1) is 0 Å². The van der Waals surface area contributed by atoms with Crippen LogP contribution in [0.2, 0.25) is 5.02 Å². The third-order valence-electron chi connectivity index (χ3n) is 1.85. The molecule has 0 amide bonds. The Labute approximate surface area is 92.1 Å². The molecule has 0 aliphatic rings. The van der Waals surface area contributed by atoms with E-state index < -0.39 is 10.8 Å². The maximum absolute atomic E-state index is 11.5. The van der Waals surface area contributed by atoms with E-state index >= 15 is 0 Å². The van der Waals surface area contributed by atoms with Crippen LogP contribution < -0.4 is 5.32 Å². The fraction of sp³-hybridized carbons (Fsp3) is 0.400. The summed E-state index contributed by atoms with van der Waals surface area (Å²) in [5.74, 6) is 1.21. The number of benzene rings is 1. The van der Waals surface area contributed by atoms with E-state index in [1.807, 2.05) is 31.3 Å². The first-order chi connectivity index (χ1) is 6.74. The van der Waals surface area contributed by atoms with Crippen molar-refractivity contribution in [1.29, 1.82) is 0 Å². The Morgan fingerprint density at radius 1 is 1.43 bits per heavy atom. The van der Waals surface area contributed by atoms with Gasteiger partial charge >= 0.3 is 0 Å². The first kappa shape index (κ1) is 11.7.